The predicted octanol–water partition coefficient (Wildman–Crippen LogP) is 1.24. The van der Waals surface area contributed by atoms with Crippen LogP contribution in [-0.2, 0) is 0 Å². The van der Waals surface area contributed by atoms with Crippen molar-refractivity contribution in [2.24, 2.45) is 0 Å². The van der Waals surface area contributed by atoms with Crippen LogP contribution in [0.15, 0.2) is 29.2 Å². The van der Waals surface area contributed by atoms with Gasteiger partial charge in [-0.05, 0) is 17.5 Å². The lowest BCUT2D eigenvalue weighted by Gasteiger charge is -2.03. The highest BCUT2D eigenvalue weighted by molar-refractivity contribution is 5.88. The zero-order valence-corrected chi connectivity index (χ0v) is 7.57. The lowest BCUT2D eigenvalue weighted by atomic mass is 10.1. The van der Waals surface area contributed by atoms with E-state index in [4.69, 9.17) is 4.74 Å². The molecule has 0 aliphatic heterocycles. The summed E-state index contributed by atoms with van der Waals surface area (Å²) in [6, 6.07) is 4.82. The lowest BCUT2D eigenvalue weighted by Crippen LogP contribution is -2.04. The summed E-state index contributed by atoms with van der Waals surface area (Å²) in [5, 5.41) is 10.5. The number of ether oxygens (including phenoxy) is 1. The first kappa shape index (κ1) is 8.62. The summed E-state index contributed by atoms with van der Waals surface area (Å²) in [4.78, 5) is 13.8. The van der Waals surface area contributed by atoms with Crippen LogP contribution in [0.1, 0.15) is 0 Å². The van der Waals surface area contributed by atoms with Gasteiger partial charge >= 0.3 is 0 Å². The molecule has 0 fully saturated rings. The second kappa shape index (κ2) is 3.06. The van der Waals surface area contributed by atoms with Crippen LogP contribution in [0.5, 0.6) is 11.5 Å². The predicted molar refractivity (Wildman–Crippen MR) is 52.8 cm³/mol. The van der Waals surface area contributed by atoms with Crippen molar-refractivity contribution < 1.29 is 9.84 Å². The average molecular weight is 191 g/mol. The van der Waals surface area contributed by atoms with Gasteiger partial charge in [-0.1, -0.05) is 0 Å². The van der Waals surface area contributed by atoms with Crippen LogP contribution in [0, 0.1) is 0 Å². The summed E-state index contributed by atoms with van der Waals surface area (Å²) in [5.74, 6) is 0.460. The van der Waals surface area contributed by atoms with Gasteiger partial charge in [0.05, 0.1) is 12.5 Å². The number of phenolic OH excluding ortho intramolecular Hbond substituents is 1. The third-order valence-electron chi connectivity index (χ3n) is 2.06. The number of hydrogen-bond donors (Lipinski definition) is 2. The molecule has 0 saturated carbocycles. The molecule has 1 heterocycles. The van der Waals surface area contributed by atoms with Crippen LogP contribution in [0.25, 0.3) is 10.8 Å². The fourth-order valence-corrected chi connectivity index (χ4v) is 1.40. The maximum atomic E-state index is 11.3. The van der Waals surface area contributed by atoms with E-state index in [1.165, 1.54) is 19.4 Å². The van der Waals surface area contributed by atoms with Crippen molar-refractivity contribution in [3.05, 3.63) is 34.7 Å². The molecule has 0 radical (unpaired) electrons. The van der Waals surface area contributed by atoms with Crippen LogP contribution in [0.3, 0.4) is 0 Å². The third kappa shape index (κ3) is 1.21. The van der Waals surface area contributed by atoms with Gasteiger partial charge in [0, 0.05) is 12.3 Å². The first-order valence-corrected chi connectivity index (χ1v) is 4.11. The standard InChI is InChI=1S/C10H9NO3/c1-14-7-4-6-2-3-11-10(13)9(6)8(12)5-7/h2-5,12H,1H3,(H,11,13). The molecule has 0 atom stereocenters. The number of H-pyrrole nitrogens is 1. The lowest BCUT2D eigenvalue weighted by molar-refractivity contribution is 0.409. The van der Waals surface area contributed by atoms with Crippen molar-refractivity contribution in [2.45, 2.75) is 0 Å². The molecular weight excluding hydrogens is 182 g/mol. The van der Waals surface area contributed by atoms with Gasteiger partial charge in [0.1, 0.15) is 11.5 Å². The first-order chi connectivity index (χ1) is 6.72. The molecule has 2 N–H and O–H groups in total. The number of fused-ring (bicyclic) bond motifs is 1. The number of aromatic hydroxyl groups is 1. The summed E-state index contributed by atoms with van der Waals surface area (Å²) in [5.41, 5.74) is -0.303. The molecule has 0 aliphatic rings. The van der Waals surface area contributed by atoms with Crippen molar-refractivity contribution in [1.29, 1.82) is 0 Å². The minimum absolute atomic E-state index is 0.0683. The first-order valence-electron chi connectivity index (χ1n) is 4.11. The van der Waals surface area contributed by atoms with Crippen molar-refractivity contribution in [3.8, 4) is 11.5 Å². The molecular formula is C10H9NO3. The van der Waals surface area contributed by atoms with Gasteiger partial charge in [-0.3, -0.25) is 4.79 Å². The summed E-state index contributed by atoms with van der Waals surface area (Å²) in [6.07, 6.45) is 1.53. The Hall–Kier alpha value is -1.97. The van der Waals surface area contributed by atoms with Crippen LogP contribution < -0.4 is 10.3 Å². The normalized spacial score (nSPS) is 10.4. The highest BCUT2D eigenvalue weighted by Crippen LogP contribution is 2.26. The van der Waals surface area contributed by atoms with Crippen LogP contribution in [0.4, 0.5) is 0 Å². The Balaban J connectivity index is 2.90. The van der Waals surface area contributed by atoms with E-state index < -0.39 is 0 Å². The van der Waals surface area contributed by atoms with Gasteiger partial charge in [0.25, 0.3) is 5.56 Å². The van der Waals surface area contributed by atoms with E-state index in [0.29, 0.717) is 11.1 Å². The topological polar surface area (TPSA) is 62.3 Å². The van der Waals surface area contributed by atoms with Gasteiger partial charge < -0.3 is 14.8 Å². The number of phenols is 1. The van der Waals surface area contributed by atoms with Crippen molar-refractivity contribution in [2.75, 3.05) is 7.11 Å². The molecule has 1 aromatic heterocycles. The molecule has 0 amide bonds. The number of pyridine rings is 1. The SMILES string of the molecule is COc1cc(O)c2c(=O)[nH]ccc2c1. The van der Waals surface area contributed by atoms with Crippen molar-refractivity contribution in [1.82, 2.24) is 4.98 Å². The Morgan fingerprint density at radius 2 is 2.21 bits per heavy atom. The number of methoxy groups -OCH3 is 1. The number of nitrogens with one attached hydrogen (secondary N) is 1. The summed E-state index contributed by atoms with van der Waals surface area (Å²) < 4.78 is 4.97. The molecule has 72 valence electrons. The van der Waals surface area contributed by atoms with Crippen molar-refractivity contribution in [3.63, 3.8) is 0 Å². The zero-order valence-electron chi connectivity index (χ0n) is 7.57. The highest BCUT2D eigenvalue weighted by Gasteiger charge is 2.05. The quantitative estimate of drug-likeness (QED) is 0.712. The molecule has 2 aromatic rings. The zero-order chi connectivity index (χ0) is 10.1. The Morgan fingerprint density at radius 3 is 2.93 bits per heavy atom. The van der Waals surface area contributed by atoms with E-state index in [1.807, 2.05) is 0 Å². The van der Waals surface area contributed by atoms with Gasteiger partial charge in [-0.15, -0.1) is 0 Å². The average Bonchev–Trinajstić information content (AvgIpc) is 2.17. The molecule has 14 heavy (non-hydrogen) atoms. The van der Waals surface area contributed by atoms with E-state index in [0.717, 1.165) is 0 Å². The Morgan fingerprint density at radius 1 is 1.43 bits per heavy atom. The minimum atomic E-state index is -0.303. The summed E-state index contributed by atoms with van der Waals surface area (Å²) >= 11 is 0. The fraction of sp³-hybridized carbons (Fsp3) is 0.100. The van der Waals surface area contributed by atoms with E-state index in [-0.39, 0.29) is 16.7 Å². The largest absolute Gasteiger partial charge is 0.507 e. The monoisotopic (exact) mass is 191 g/mol. The van der Waals surface area contributed by atoms with Crippen LogP contribution >= 0.6 is 0 Å². The Kier molecular flexibility index (Phi) is 1.89. The van der Waals surface area contributed by atoms with Gasteiger partial charge in [0.2, 0.25) is 0 Å². The maximum absolute atomic E-state index is 11.3. The number of aromatic nitrogens is 1. The molecule has 0 bridgehead atoms. The van der Waals surface area contributed by atoms with Gasteiger partial charge in [0.15, 0.2) is 0 Å². The highest BCUT2D eigenvalue weighted by atomic mass is 16.5. The molecule has 1 aromatic carbocycles. The smallest absolute Gasteiger partial charge is 0.259 e. The summed E-state index contributed by atoms with van der Waals surface area (Å²) in [6.45, 7) is 0. The summed E-state index contributed by atoms with van der Waals surface area (Å²) in [7, 11) is 1.51. The number of rotatable bonds is 1. The molecule has 0 unspecified atom stereocenters. The number of benzene rings is 1. The van der Waals surface area contributed by atoms with E-state index in [1.54, 1.807) is 12.1 Å². The molecule has 0 spiro atoms. The third-order valence-corrected chi connectivity index (χ3v) is 2.06. The molecule has 2 rings (SSSR count). The van der Waals surface area contributed by atoms with Crippen molar-refractivity contribution >= 4 is 10.8 Å². The molecule has 0 aliphatic carbocycles. The minimum Gasteiger partial charge on any atom is -0.507 e. The van der Waals surface area contributed by atoms with E-state index in [9.17, 15) is 9.90 Å². The molecule has 4 heteroatoms. The van der Waals surface area contributed by atoms with Gasteiger partial charge in [-0.25, -0.2) is 0 Å². The molecule has 4 nitrogen and oxygen atoms in total. The van der Waals surface area contributed by atoms with E-state index in [2.05, 4.69) is 4.98 Å². The fourth-order valence-electron chi connectivity index (χ4n) is 1.40. The van der Waals surface area contributed by atoms with Crippen LogP contribution in [0.2, 0.25) is 0 Å². The van der Waals surface area contributed by atoms with Gasteiger partial charge in [-0.2, -0.15) is 0 Å². The number of aromatic amines is 1. The Bertz CT molecular complexity index is 530. The van der Waals surface area contributed by atoms with E-state index >= 15 is 0 Å². The Labute approximate surface area is 79.8 Å². The number of hydrogen-bond acceptors (Lipinski definition) is 3. The second-order valence-corrected chi connectivity index (χ2v) is 2.92. The molecule has 0 saturated heterocycles. The van der Waals surface area contributed by atoms with Crippen LogP contribution in [-0.4, -0.2) is 17.2 Å². The second-order valence-electron chi connectivity index (χ2n) is 2.92. The maximum Gasteiger partial charge on any atom is 0.259 e.